The minimum atomic E-state index is 0.715. The van der Waals surface area contributed by atoms with Gasteiger partial charge in [-0.3, -0.25) is 5.10 Å². The Morgan fingerprint density at radius 2 is 1.92 bits per heavy atom. The van der Waals surface area contributed by atoms with Crippen molar-refractivity contribution in [3.05, 3.63) is 77.7 Å². The number of aromatic nitrogens is 5. The summed E-state index contributed by atoms with van der Waals surface area (Å²) in [7, 11) is 0. The summed E-state index contributed by atoms with van der Waals surface area (Å²) in [5.41, 5.74) is 4.44. The second-order valence-electron chi connectivity index (χ2n) is 6.19. The summed E-state index contributed by atoms with van der Waals surface area (Å²) in [5, 5.41) is 14.7. The third-order valence-electron chi connectivity index (χ3n) is 4.18. The van der Waals surface area contributed by atoms with Crippen LogP contribution in [-0.4, -0.2) is 25.0 Å². The van der Waals surface area contributed by atoms with E-state index >= 15 is 0 Å². The van der Waals surface area contributed by atoms with Gasteiger partial charge in [0.2, 0.25) is 0 Å². The molecule has 0 saturated heterocycles. The van der Waals surface area contributed by atoms with Crippen LogP contribution in [0.4, 0.5) is 0 Å². The molecule has 0 amide bonds. The second-order valence-corrected chi connectivity index (χ2v) is 6.19. The van der Waals surface area contributed by atoms with E-state index in [9.17, 15) is 0 Å². The van der Waals surface area contributed by atoms with E-state index in [4.69, 9.17) is 4.42 Å². The van der Waals surface area contributed by atoms with Crippen LogP contribution in [0.2, 0.25) is 0 Å². The SMILES string of the molecule is Cc1ccc(-c2[nH]ncc2CNCc2ccc(Cn3cncn3)cc2)o1. The average Bonchev–Trinajstić information content (AvgIpc) is 3.38. The Morgan fingerprint density at radius 1 is 1.08 bits per heavy atom. The summed E-state index contributed by atoms with van der Waals surface area (Å²) < 4.78 is 7.49. The van der Waals surface area contributed by atoms with Crippen molar-refractivity contribution >= 4 is 0 Å². The minimum Gasteiger partial charge on any atom is -0.460 e. The Morgan fingerprint density at radius 3 is 2.65 bits per heavy atom. The fourth-order valence-corrected chi connectivity index (χ4v) is 2.83. The highest BCUT2D eigenvalue weighted by atomic mass is 16.3. The van der Waals surface area contributed by atoms with Gasteiger partial charge in [-0.15, -0.1) is 0 Å². The number of aryl methyl sites for hydroxylation is 1. The molecule has 0 aliphatic rings. The molecular weight excluding hydrogens is 328 g/mol. The van der Waals surface area contributed by atoms with Crippen LogP contribution >= 0.6 is 0 Å². The zero-order valence-corrected chi connectivity index (χ0v) is 14.5. The van der Waals surface area contributed by atoms with E-state index in [1.54, 1.807) is 12.7 Å². The van der Waals surface area contributed by atoms with E-state index in [1.807, 2.05) is 29.9 Å². The van der Waals surface area contributed by atoms with Crippen LogP contribution in [0.1, 0.15) is 22.5 Å². The number of hydrogen-bond donors (Lipinski definition) is 2. The molecule has 1 aromatic carbocycles. The first-order chi connectivity index (χ1) is 12.8. The van der Waals surface area contributed by atoms with E-state index in [0.29, 0.717) is 6.54 Å². The molecule has 7 heteroatoms. The van der Waals surface area contributed by atoms with Gasteiger partial charge >= 0.3 is 0 Å². The van der Waals surface area contributed by atoms with Crippen molar-refractivity contribution in [1.82, 2.24) is 30.3 Å². The number of H-pyrrole nitrogens is 1. The lowest BCUT2D eigenvalue weighted by molar-refractivity contribution is 0.545. The van der Waals surface area contributed by atoms with Gasteiger partial charge in [-0.25, -0.2) is 9.67 Å². The number of furan rings is 1. The van der Waals surface area contributed by atoms with Crippen LogP contribution < -0.4 is 5.32 Å². The number of aromatic amines is 1. The van der Waals surface area contributed by atoms with Crippen LogP contribution in [0.5, 0.6) is 0 Å². The Hall–Kier alpha value is -3.19. The van der Waals surface area contributed by atoms with E-state index in [0.717, 1.165) is 35.9 Å². The summed E-state index contributed by atoms with van der Waals surface area (Å²) in [6, 6.07) is 12.4. The minimum absolute atomic E-state index is 0.715. The fourth-order valence-electron chi connectivity index (χ4n) is 2.83. The molecule has 4 rings (SSSR count). The quantitative estimate of drug-likeness (QED) is 0.536. The van der Waals surface area contributed by atoms with Crippen molar-refractivity contribution in [3.8, 4) is 11.5 Å². The van der Waals surface area contributed by atoms with Crippen LogP contribution in [0.3, 0.4) is 0 Å². The van der Waals surface area contributed by atoms with Gasteiger partial charge in [0, 0.05) is 18.7 Å². The standard InChI is InChI=1S/C19H20N6O/c1-14-2-7-18(26-14)19-17(10-22-24-19)9-20-8-15-3-5-16(6-4-15)11-25-13-21-12-23-25/h2-7,10,12-13,20H,8-9,11H2,1H3,(H,22,24). The second kappa shape index (κ2) is 7.37. The van der Waals surface area contributed by atoms with Crippen molar-refractivity contribution in [2.45, 2.75) is 26.6 Å². The Labute approximate surface area is 151 Å². The molecule has 0 spiro atoms. The number of nitrogens with zero attached hydrogens (tertiary/aromatic N) is 4. The highest BCUT2D eigenvalue weighted by Crippen LogP contribution is 2.23. The summed E-state index contributed by atoms with van der Waals surface area (Å²) in [4.78, 5) is 3.96. The number of rotatable bonds is 7. The zero-order valence-electron chi connectivity index (χ0n) is 14.5. The predicted octanol–water partition coefficient (Wildman–Crippen LogP) is 2.91. The molecule has 3 aromatic heterocycles. The highest BCUT2D eigenvalue weighted by molar-refractivity contribution is 5.56. The van der Waals surface area contributed by atoms with Gasteiger partial charge in [0.15, 0.2) is 5.76 Å². The molecule has 7 nitrogen and oxygen atoms in total. The third-order valence-corrected chi connectivity index (χ3v) is 4.18. The average molecular weight is 348 g/mol. The van der Waals surface area contributed by atoms with Crippen molar-refractivity contribution in [3.63, 3.8) is 0 Å². The lowest BCUT2D eigenvalue weighted by atomic mass is 10.1. The van der Waals surface area contributed by atoms with Crippen LogP contribution in [0.15, 0.2) is 59.7 Å². The smallest absolute Gasteiger partial charge is 0.152 e. The Kier molecular flexibility index (Phi) is 4.61. The van der Waals surface area contributed by atoms with Gasteiger partial charge in [-0.2, -0.15) is 10.2 Å². The molecule has 0 aliphatic carbocycles. The van der Waals surface area contributed by atoms with E-state index < -0.39 is 0 Å². The summed E-state index contributed by atoms with van der Waals surface area (Å²) >= 11 is 0. The largest absolute Gasteiger partial charge is 0.460 e. The number of hydrogen-bond acceptors (Lipinski definition) is 5. The zero-order chi connectivity index (χ0) is 17.8. The van der Waals surface area contributed by atoms with Gasteiger partial charge in [0.05, 0.1) is 12.7 Å². The van der Waals surface area contributed by atoms with Crippen molar-refractivity contribution < 1.29 is 4.42 Å². The molecule has 132 valence electrons. The number of nitrogens with one attached hydrogen (secondary N) is 2. The van der Waals surface area contributed by atoms with Gasteiger partial charge in [-0.1, -0.05) is 24.3 Å². The highest BCUT2D eigenvalue weighted by Gasteiger charge is 2.10. The number of benzene rings is 1. The van der Waals surface area contributed by atoms with Gasteiger partial charge in [0.25, 0.3) is 0 Å². The van der Waals surface area contributed by atoms with E-state index in [1.165, 1.54) is 11.1 Å². The molecule has 26 heavy (non-hydrogen) atoms. The molecule has 2 N–H and O–H groups in total. The molecule has 0 saturated carbocycles. The topological polar surface area (TPSA) is 84.6 Å². The lowest BCUT2D eigenvalue weighted by Crippen LogP contribution is -2.13. The molecule has 0 atom stereocenters. The summed E-state index contributed by atoms with van der Waals surface area (Å²) in [5.74, 6) is 1.70. The first-order valence-electron chi connectivity index (χ1n) is 8.48. The summed E-state index contributed by atoms with van der Waals surface area (Å²) in [6.07, 6.45) is 5.10. The maximum Gasteiger partial charge on any atom is 0.152 e. The van der Waals surface area contributed by atoms with Crippen LogP contribution in [0.25, 0.3) is 11.5 Å². The van der Waals surface area contributed by atoms with E-state index in [2.05, 4.69) is 49.9 Å². The first-order valence-corrected chi connectivity index (χ1v) is 8.48. The Bertz CT molecular complexity index is 952. The lowest BCUT2D eigenvalue weighted by Gasteiger charge is -2.07. The van der Waals surface area contributed by atoms with Crippen molar-refractivity contribution in [1.29, 1.82) is 0 Å². The summed E-state index contributed by atoms with van der Waals surface area (Å²) in [6.45, 7) is 4.16. The van der Waals surface area contributed by atoms with Crippen LogP contribution in [0, 0.1) is 6.92 Å². The van der Waals surface area contributed by atoms with Gasteiger partial charge in [-0.05, 0) is 30.2 Å². The Balaban J connectivity index is 1.33. The predicted molar refractivity (Wildman–Crippen MR) is 97.1 cm³/mol. The third kappa shape index (κ3) is 3.73. The van der Waals surface area contributed by atoms with Gasteiger partial charge in [0.1, 0.15) is 24.1 Å². The first kappa shape index (κ1) is 16.3. The maximum atomic E-state index is 5.68. The normalized spacial score (nSPS) is 11.1. The molecule has 4 aromatic rings. The molecule has 0 aliphatic heterocycles. The van der Waals surface area contributed by atoms with Gasteiger partial charge < -0.3 is 9.73 Å². The monoisotopic (exact) mass is 348 g/mol. The van der Waals surface area contributed by atoms with E-state index in [-0.39, 0.29) is 0 Å². The molecule has 3 heterocycles. The molecule has 0 bridgehead atoms. The molecule has 0 fully saturated rings. The maximum absolute atomic E-state index is 5.68. The van der Waals surface area contributed by atoms with Crippen molar-refractivity contribution in [2.24, 2.45) is 0 Å². The fraction of sp³-hybridized carbons (Fsp3) is 0.211. The molecule has 0 unspecified atom stereocenters. The molecule has 0 radical (unpaired) electrons. The van der Waals surface area contributed by atoms with Crippen molar-refractivity contribution in [2.75, 3.05) is 0 Å². The molecular formula is C19H20N6O. The van der Waals surface area contributed by atoms with Crippen LogP contribution in [-0.2, 0) is 19.6 Å².